The Morgan fingerprint density at radius 2 is 1.36 bits per heavy atom. The van der Waals surface area contributed by atoms with E-state index in [2.05, 4.69) is 0 Å². The zero-order chi connectivity index (χ0) is 17.7. The topological polar surface area (TPSA) is 60.2 Å². The summed E-state index contributed by atoms with van der Waals surface area (Å²) in [5, 5.41) is 5.11. The highest BCUT2D eigenvalue weighted by molar-refractivity contribution is 7.88. The molecule has 2 aliphatic carbocycles. The van der Waals surface area contributed by atoms with Crippen molar-refractivity contribution in [2.75, 3.05) is 0 Å². The van der Waals surface area contributed by atoms with Gasteiger partial charge in [0.05, 0.1) is 5.75 Å². The molecule has 1 saturated carbocycles. The van der Waals surface area contributed by atoms with E-state index in [1.165, 1.54) is 36.1 Å². The van der Waals surface area contributed by atoms with Gasteiger partial charge in [0.15, 0.2) is 0 Å². The van der Waals surface area contributed by atoms with Crippen LogP contribution in [0.15, 0.2) is 48.5 Å². The zero-order valence-corrected chi connectivity index (χ0v) is 14.7. The van der Waals surface area contributed by atoms with Gasteiger partial charge < -0.3 is 0 Å². The number of hydrogen-bond donors (Lipinski definition) is 1. The average Bonchev–Trinajstić information content (AvgIpc) is 3.19. The third kappa shape index (κ3) is 3.53. The number of sulfonamides is 1. The Balaban J connectivity index is 1.70. The Kier molecular flexibility index (Phi) is 3.81. The van der Waals surface area contributed by atoms with Gasteiger partial charge in [-0.25, -0.2) is 17.9 Å². The SMILES string of the molecule is NS(=O)(=O)Cc1ccc(C2=C(c3ccc(F)cc3)CC3(CC3)C2)cc1. The molecule has 0 radical (unpaired) electrons. The third-order valence-electron chi connectivity index (χ3n) is 5.29. The lowest BCUT2D eigenvalue weighted by atomic mass is 9.96. The van der Waals surface area contributed by atoms with Gasteiger partial charge in [-0.3, -0.25) is 0 Å². The molecule has 5 heteroatoms. The van der Waals surface area contributed by atoms with E-state index in [1.807, 2.05) is 36.4 Å². The molecule has 0 atom stereocenters. The molecule has 0 aliphatic heterocycles. The standard InChI is InChI=1S/C20H20FNO2S/c21-17-7-5-16(6-8-17)19-12-20(9-10-20)11-18(19)15-3-1-14(2-4-15)13-25(22,23)24/h1-8H,9-13H2,(H2,22,23,24). The Labute approximate surface area is 147 Å². The molecule has 2 N–H and O–H groups in total. The summed E-state index contributed by atoms with van der Waals surface area (Å²) in [5.41, 5.74) is 5.85. The predicted octanol–water partition coefficient (Wildman–Crippen LogP) is 4.10. The molecule has 1 spiro atoms. The summed E-state index contributed by atoms with van der Waals surface area (Å²) in [4.78, 5) is 0. The largest absolute Gasteiger partial charge is 0.228 e. The maximum Gasteiger partial charge on any atom is 0.213 e. The molecule has 3 nitrogen and oxygen atoms in total. The van der Waals surface area contributed by atoms with E-state index in [0.29, 0.717) is 11.0 Å². The van der Waals surface area contributed by atoms with Gasteiger partial charge in [0, 0.05) is 0 Å². The van der Waals surface area contributed by atoms with Crippen LogP contribution >= 0.6 is 0 Å². The first kappa shape index (κ1) is 16.5. The maximum absolute atomic E-state index is 13.3. The van der Waals surface area contributed by atoms with Crippen molar-refractivity contribution >= 4 is 21.2 Å². The number of rotatable bonds is 4. The van der Waals surface area contributed by atoms with E-state index in [-0.39, 0.29) is 11.6 Å². The summed E-state index contributed by atoms with van der Waals surface area (Å²) >= 11 is 0. The highest BCUT2D eigenvalue weighted by Gasteiger charge is 2.48. The normalized spacial score (nSPS) is 18.8. The fourth-order valence-corrected chi connectivity index (χ4v) is 4.45. The second-order valence-corrected chi connectivity index (χ2v) is 8.94. The van der Waals surface area contributed by atoms with Crippen molar-refractivity contribution in [3.63, 3.8) is 0 Å². The van der Waals surface area contributed by atoms with Crippen molar-refractivity contribution in [2.24, 2.45) is 10.6 Å². The highest BCUT2D eigenvalue weighted by atomic mass is 32.2. The summed E-state index contributed by atoms with van der Waals surface area (Å²) in [6.45, 7) is 0. The van der Waals surface area contributed by atoms with Crippen molar-refractivity contribution in [1.82, 2.24) is 0 Å². The highest BCUT2D eigenvalue weighted by Crippen LogP contribution is 2.63. The van der Waals surface area contributed by atoms with Crippen molar-refractivity contribution in [1.29, 1.82) is 0 Å². The monoisotopic (exact) mass is 357 g/mol. The molecule has 2 aromatic carbocycles. The molecular weight excluding hydrogens is 337 g/mol. The van der Waals surface area contributed by atoms with E-state index >= 15 is 0 Å². The van der Waals surface area contributed by atoms with Gasteiger partial charge in [-0.1, -0.05) is 36.4 Å². The van der Waals surface area contributed by atoms with Crippen LogP contribution in [0.2, 0.25) is 0 Å². The van der Waals surface area contributed by atoms with Gasteiger partial charge in [0.1, 0.15) is 5.82 Å². The summed E-state index contributed by atoms with van der Waals surface area (Å²) < 4.78 is 35.7. The summed E-state index contributed by atoms with van der Waals surface area (Å²) in [7, 11) is -3.52. The minimum absolute atomic E-state index is 0.152. The molecule has 2 aliphatic rings. The molecule has 25 heavy (non-hydrogen) atoms. The molecule has 0 unspecified atom stereocenters. The Morgan fingerprint density at radius 1 is 0.880 bits per heavy atom. The Morgan fingerprint density at radius 3 is 1.80 bits per heavy atom. The van der Waals surface area contributed by atoms with Gasteiger partial charge in [-0.05, 0) is 71.1 Å². The summed E-state index contributed by atoms with van der Waals surface area (Å²) in [5.74, 6) is -0.376. The van der Waals surface area contributed by atoms with Crippen molar-refractivity contribution in [2.45, 2.75) is 31.4 Å². The lowest BCUT2D eigenvalue weighted by Gasteiger charge is -2.09. The minimum atomic E-state index is -3.52. The van der Waals surface area contributed by atoms with Crippen LogP contribution in [0.25, 0.3) is 11.1 Å². The number of benzene rings is 2. The lowest BCUT2D eigenvalue weighted by molar-refractivity contribution is 0.568. The summed E-state index contributed by atoms with van der Waals surface area (Å²) in [6.07, 6.45) is 4.55. The van der Waals surface area contributed by atoms with Crippen molar-refractivity contribution in [3.8, 4) is 0 Å². The molecule has 0 saturated heterocycles. The van der Waals surface area contributed by atoms with Crippen LogP contribution < -0.4 is 5.14 Å². The van der Waals surface area contributed by atoms with E-state index in [4.69, 9.17) is 5.14 Å². The van der Waals surface area contributed by atoms with Gasteiger partial charge in [-0.2, -0.15) is 0 Å². The van der Waals surface area contributed by atoms with Gasteiger partial charge in [-0.15, -0.1) is 0 Å². The fraction of sp³-hybridized carbons (Fsp3) is 0.300. The minimum Gasteiger partial charge on any atom is -0.228 e. The first-order valence-electron chi connectivity index (χ1n) is 8.41. The van der Waals surface area contributed by atoms with Crippen LogP contribution in [0.3, 0.4) is 0 Å². The first-order chi connectivity index (χ1) is 11.8. The van der Waals surface area contributed by atoms with Gasteiger partial charge >= 0.3 is 0 Å². The van der Waals surface area contributed by atoms with Crippen LogP contribution in [0.1, 0.15) is 42.4 Å². The van der Waals surface area contributed by atoms with Gasteiger partial charge in [0.2, 0.25) is 10.0 Å². The van der Waals surface area contributed by atoms with E-state index in [1.54, 1.807) is 0 Å². The van der Waals surface area contributed by atoms with Crippen LogP contribution in [0.4, 0.5) is 4.39 Å². The lowest BCUT2D eigenvalue weighted by Crippen LogP contribution is -2.14. The second kappa shape index (κ2) is 5.78. The van der Waals surface area contributed by atoms with E-state index < -0.39 is 10.0 Å². The predicted molar refractivity (Wildman–Crippen MR) is 97.4 cm³/mol. The number of nitrogens with two attached hydrogens (primary N) is 1. The smallest absolute Gasteiger partial charge is 0.213 e. The molecule has 2 aromatic rings. The molecule has 4 rings (SSSR count). The summed E-state index contributed by atoms with van der Waals surface area (Å²) in [6, 6.07) is 14.3. The van der Waals surface area contributed by atoms with Crippen LogP contribution in [0.5, 0.6) is 0 Å². The van der Waals surface area contributed by atoms with E-state index in [0.717, 1.165) is 24.0 Å². The average molecular weight is 357 g/mol. The molecule has 0 aromatic heterocycles. The number of halogens is 1. The number of primary sulfonamides is 1. The second-order valence-electron chi connectivity index (χ2n) is 7.32. The number of allylic oxidation sites excluding steroid dienone is 2. The third-order valence-corrected chi connectivity index (χ3v) is 6.02. The Bertz CT molecular complexity index is 940. The van der Waals surface area contributed by atoms with Crippen LogP contribution in [-0.4, -0.2) is 8.42 Å². The molecule has 0 amide bonds. The molecule has 1 fully saturated rings. The molecular formula is C20H20FNO2S. The zero-order valence-electron chi connectivity index (χ0n) is 13.8. The van der Waals surface area contributed by atoms with Gasteiger partial charge in [0.25, 0.3) is 0 Å². The van der Waals surface area contributed by atoms with Crippen molar-refractivity contribution in [3.05, 3.63) is 71.0 Å². The maximum atomic E-state index is 13.3. The molecule has 0 heterocycles. The molecule has 130 valence electrons. The quantitative estimate of drug-likeness (QED) is 0.895. The Hall–Kier alpha value is -1.98. The van der Waals surface area contributed by atoms with Crippen LogP contribution in [0, 0.1) is 11.2 Å². The van der Waals surface area contributed by atoms with E-state index in [9.17, 15) is 12.8 Å². The van der Waals surface area contributed by atoms with Crippen LogP contribution in [-0.2, 0) is 15.8 Å². The molecule has 0 bridgehead atoms. The fourth-order valence-electron chi connectivity index (χ4n) is 3.79. The first-order valence-corrected chi connectivity index (χ1v) is 10.1. The number of hydrogen-bond acceptors (Lipinski definition) is 2. The van der Waals surface area contributed by atoms with Crippen molar-refractivity contribution < 1.29 is 12.8 Å².